The van der Waals surface area contributed by atoms with Gasteiger partial charge in [-0.05, 0) is 25.2 Å². The van der Waals surface area contributed by atoms with E-state index in [0.717, 1.165) is 32.1 Å². The van der Waals surface area contributed by atoms with Crippen molar-refractivity contribution in [2.75, 3.05) is 5.75 Å². The monoisotopic (exact) mass is 233 g/mol. The Morgan fingerprint density at radius 1 is 1.40 bits per heavy atom. The topological polar surface area (TPSA) is 60.2 Å². The van der Waals surface area contributed by atoms with Crippen LogP contribution in [0.4, 0.5) is 0 Å². The molecule has 1 rings (SSSR count). The van der Waals surface area contributed by atoms with E-state index in [-0.39, 0.29) is 11.3 Å². The maximum absolute atomic E-state index is 11.9. The molecule has 1 aliphatic heterocycles. The molecule has 1 saturated heterocycles. The third kappa shape index (κ3) is 3.18. The quantitative estimate of drug-likeness (QED) is 0.804. The highest BCUT2D eigenvalue weighted by Gasteiger charge is 2.35. The number of nitrogens with two attached hydrogens (primary N) is 1. The van der Waals surface area contributed by atoms with Crippen LogP contribution in [0, 0.1) is 5.92 Å². The highest BCUT2D eigenvalue weighted by molar-refractivity contribution is 7.92. The Kier molecular flexibility index (Phi) is 4.59. The fourth-order valence-electron chi connectivity index (χ4n) is 2.43. The van der Waals surface area contributed by atoms with Gasteiger partial charge in [-0.1, -0.05) is 26.7 Å². The smallest absolute Gasteiger partial charge is 0.154 e. The second-order valence-electron chi connectivity index (χ2n) is 4.74. The summed E-state index contributed by atoms with van der Waals surface area (Å²) in [6, 6.07) is -0.171. The van der Waals surface area contributed by atoms with Crippen LogP contribution in [0.3, 0.4) is 0 Å². The molecule has 3 nitrogen and oxygen atoms in total. The fourth-order valence-corrected chi connectivity index (χ4v) is 4.61. The van der Waals surface area contributed by atoms with E-state index in [0.29, 0.717) is 11.7 Å². The van der Waals surface area contributed by atoms with Crippen molar-refractivity contribution in [1.82, 2.24) is 0 Å². The van der Waals surface area contributed by atoms with Crippen molar-refractivity contribution < 1.29 is 8.42 Å². The maximum Gasteiger partial charge on any atom is 0.154 e. The van der Waals surface area contributed by atoms with Crippen LogP contribution in [0.1, 0.15) is 46.0 Å². The van der Waals surface area contributed by atoms with Crippen molar-refractivity contribution >= 4 is 9.84 Å². The van der Waals surface area contributed by atoms with Crippen molar-refractivity contribution in [1.29, 1.82) is 0 Å². The lowest BCUT2D eigenvalue weighted by Gasteiger charge is -2.31. The van der Waals surface area contributed by atoms with E-state index in [4.69, 9.17) is 5.73 Å². The Bertz CT molecular complexity index is 287. The highest BCUT2D eigenvalue weighted by Crippen LogP contribution is 2.26. The Morgan fingerprint density at radius 3 is 2.60 bits per heavy atom. The number of rotatable bonds is 4. The van der Waals surface area contributed by atoms with Crippen molar-refractivity contribution in [3.63, 3.8) is 0 Å². The number of hydrogen-bond donors (Lipinski definition) is 1. The molecule has 0 spiro atoms. The summed E-state index contributed by atoms with van der Waals surface area (Å²) in [5.41, 5.74) is 6.07. The Hall–Kier alpha value is -0.0900. The molecule has 1 fully saturated rings. The van der Waals surface area contributed by atoms with Crippen molar-refractivity contribution in [3.8, 4) is 0 Å². The van der Waals surface area contributed by atoms with Crippen LogP contribution in [0.2, 0.25) is 0 Å². The van der Waals surface area contributed by atoms with Gasteiger partial charge in [0.2, 0.25) is 0 Å². The average Bonchev–Trinajstić information content (AvgIpc) is 2.16. The normalized spacial score (nSPS) is 29.7. The van der Waals surface area contributed by atoms with E-state index in [9.17, 15) is 8.42 Å². The Morgan fingerprint density at radius 2 is 2.07 bits per heavy atom. The summed E-state index contributed by atoms with van der Waals surface area (Å²) < 4.78 is 23.7. The van der Waals surface area contributed by atoms with Gasteiger partial charge in [-0.2, -0.15) is 0 Å². The number of sulfone groups is 1. The van der Waals surface area contributed by atoms with Gasteiger partial charge in [-0.15, -0.1) is 0 Å². The van der Waals surface area contributed by atoms with Crippen LogP contribution in [0.5, 0.6) is 0 Å². The second-order valence-corrected chi connectivity index (χ2v) is 7.08. The fraction of sp³-hybridized carbons (Fsp3) is 1.00. The Balaban J connectivity index is 2.68. The third-order valence-corrected chi connectivity index (χ3v) is 5.79. The molecule has 0 aromatic rings. The van der Waals surface area contributed by atoms with E-state index in [2.05, 4.69) is 13.8 Å². The summed E-state index contributed by atoms with van der Waals surface area (Å²) in [4.78, 5) is 0. The largest absolute Gasteiger partial charge is 0.326 e. The zero-order valence-electron chi connectivity index (χ0n) is 9.78. The predicted octanol–water partition coefficient (Wildman–Crippen LogP) is 1.72. The first-order chi connectivity index (χ1) is 6.99. The molecule has 2 N–H and O–H groups in total. The highest BCUT2D eigenvalue weighted by atomic mass is 32.2. The molecule has 1 heterocycles. The van der Waals surface area contributed by atoms with Gasteiger partial charge in [0, 0.05) is 6.04 Å². The van der Waals surface area contributed by atoms with E-state index in [1.54, 1.807) is 0 Å². The second kappa shape index (κ2) is 5.30. The van der Waals surface area contributed by atoms with Gasteiger partial charge in [0.1, 0.15) is 0 Å². The Labute approximate surface area is 93.3 Å². The SMILES string of the molecule is CCCC(C)C(N)C1CCCCS1(=O)=O. The molecule has 0 aromatic heterocycles. The van der Waals surface area contributed by atoms with Gasteiger partial charge in [-0.3, -0.25) is 0 Å². The van der Waals surface area contributed by atoms with Gasteiger partial charge in [0.25, 0.3) is 0 Å². The summed E-state index contributed by atoms with van der Waals surface area (Å²) >= 11 is 0. The molecule has 15 heavy (non-hydrogen) atoms. The number of hydrogen-bond acceptors (Lipinski definition) is 3. The molecule has 0 bridgehead atoms. The zero-order valence-corrected chi connectivity index (χ0v) is 10.6. The molecule has 0 radical (unpaired) electrons. The van der Waals surface area contributed by atoms with Crippen LogP contribution < -0.4 is 5.73 Å². The van der Waals surface area contributed by atoms with Crippen LogP contribution in [-0.4, -0.2) is 25.5 Å². The summed E-state index contributed by atoms with van der Waals surface area (Å²) in [5, 5.41) is -0.284. The molecule has 0 saturated carbocycles. The lowest BCUT2D eigenvalue weighted by Crippen LogP contribution is -2.47. The molecule has 3 atom stereocenters. The first-order valence-corrected chi connectivity index (χ1v) is 7.67. The zero-order chi connectivity index (χ0) is 11.5. The van der Waals surface area contributed by atoms with Gasteiger partial charge in [-0.25, -0.2) is 8.42 Å². The lowest BCUT2D eigenvalue weighted by atomic mass is 9.93. The van der Waals surface area contributed by atoms with Gasteiger partial charge in [0.15, 0.2) is 9.84 Å². The predicted molar refractivity (Wildman–Crippen MR) is 63.5 cm³/mol. The summed E-state index contributed by atoms with van der Waals surface area (Å²) in [5.74, 6) is 0.650. The van der Waals surface area contributed by atoms with E-state index in [1.807, 2.05) is 0 Å². The van der Waals surface area contributed by atoms with Crippen LogP contribution in [0.25, 0.3) is 0 Å². The summed E-state index contributed by atoms with van der Waals surface area (Å²) in [6.45, 7) is 4.18. The minimum atomic E-state index is -2.91. The molecule has 0 amide bonds. The van der Waals surface area contributed by atoms with E-state index < -0.39 is 9.84 Å². The molecular formula is C11H23NO2S. The summed E-state index contributed by atoms with van der Waals surface area (Å²) in [6.07, 6.45) is 4.68. The molecule has 3 unspecified atom stereocenters. The van der Waals surface area contributed by atoms with Crippen molar-refractivity contribution in [2.24, 2.45) is 11.7 Å². The maximum atomic E-state index is 11.9. The van der Waals surface area contributed by atoms with Crippen LogP contribution in [0.15, 0.2) is 0 Å². The molecule has 0 aliphatic carbocycles. The molecule has 0 aromatic carbocycles. The molecule has 90 valence electrons. The van der Waals surface area contributed by atoms with Crippen LogP contribution in [-0.2, 0) is 9.84 Å². The lowest BCUT2D eigenvalue weighted by molar-refractivity contribution is 0.381. The van der Waals surface area contributed by atoms with Gasteiger partial charge >= 0.3 is 0 Å². The summed E-state index contributed by atoms with van der Waals surface area (Å²) in [7, 11) is -2.91. The van der Waals surface area contributed by atoms with E-state index >= 15 is 0 Å². The van der Waals surface area contributed by atoms with Crippen LogP contribution >= 0.6 is 0 Å². The van der Waals surface area contributed by atoms with Crippen molar-refractivity contribution in [2.45, 2.75) is 57.2 Å². The third-order valence-electron chi connectivity index (χ3n) is 3.46. The minimum absolute atomic E-state index is 0.171. The molecule has 4 heteroatoms. The first-order valence-electron chi connectivity index (χ1n) is 5.96. The molecular weight excluding hydrogens is 210 g/mol. The standard InChI is InChI=1S/C11H23NO2S/c1-3-6-9(2)11(12)10-7-4-5-8-15(10,13)14/h9-11H,3-8,12H2,1-2H3. The first kappa shape index (κ1) is 13.0. The van der Waals surface area contributed by atoms with Gasteiger partial charge < -0.3 is 5.73 Å². The van der Waals surface area contributed by atoms with Gasteiger partial charge in [0.05, 0.1) is 11.0 Å². The van der Waals surface area contributed by atoms with Crippen molar-refractivity contribution in [3.05, 3.63) is 0 Å². The van der Waals surface area contributed by atoms with E-state index in [1.165, 1.54) is 0 Å². The minimum Gasteiger partial charge on any atom is -0.326 e. The molecule has 1 aliphatic rings. The average molecular weight is 233 g/mol.